The molecule has 1 saturated carbocycles. The summed E-state index contributed by atoms with van der Waals surface area (Å²) in [6, 6.07) is 11.6. The van der Waals surface area contributed by atoms with Crippen LogP contribution in [0.1, 0.15) is 91.9 Å². The molecule has 2 aromatic heterocycles. The highest BCUT2D eigenvalue weighted by Gasteiger charge is 2.22. The number of carbonyl (C=O) groups is 1. The second kappa shape index (κ2) is 10.5. The van der Waals surface area contributed by atoms with E-state index in [4.69, 9.17) is 10.1 Å². The minimum absolute atomic E-state index is 0.0769. The molecule has 0 radical (unpaired) electrons. The van der Waals surface area contributed by atoms with Crippen molar-refractivity contribution in [1.29, 1.82) is 0 Å². The van der Waals surface area contributed by atoms with Gasteiger partial charge in [0.15, 0.2) is 11.5 Å². The van der Waals surface area contributed by atoms with Gasteiger partial charge in [-0.3, -0.25) is 0 Å². The molecule has 6 heteroatoms. The van der Waals surface area contributed by atoms with Crippen LogP contribution in [0.25, 0.3) is 11.1 Å². The number of hydrogen-bond donors (Lipinski definition) is 1. The molecule has 1 aromatic carbocycles. The third-order valence-corrected chi connectivity index (χ3v) is 6.35. The molecule has 0 spiro atoms. The van der Waals surface area contributed by atoms with Gasteiger partial charge in [-0.25, -0.2) is 19.4 Å². The predicted octanol–water partition coefficient (Wildman–Crippen LogP) is 5.87. The van der Waals surface area contributed by atoms with Gasteiger partial charge in [-0.05, 0) is 36.5 Å². The second-order valence-electron chi connectivity index (χ2n) is 8.73. The van der Waals surface area contributed by atoms with Crippen LogP contribution in [0.15, 0.2) is 42.6 Å². The maximum Gasteiger partial charge on any atom is 0.355 e. The number of unbranched alkanes of at least 4 members (excludes halogenated alkanes) is 2. The van der Waals surface area contributed by atoms with E-state index in [1.54, 1.807) is 12.1 Å². The largest absolute Gasteiger partial charge is 0.476 e. The molecule has 32 heavy (non-hydrogen) atoms. The molecule has 2 heterocycles. The Labute approximate surface area is 189 Å². The molecule has 1 fully saturated rings. The number of hydrogen-bond acceptors (Lipinski definition) is 4. The minimum atomic E-state index is -1.01. The van der Waals surface area contributed by atoms with E-state index in [0.29, 0.717) is 11.5 Å². The van der Waals surface area contributed by atoms with E-state index in [9.17, 15) is 9.90 Å². The first-order valence-corrected chi connectivity index (χ1v) is 11.9. The van der Waals surface area contributed by atoms with Crippen molar-refractivity contribution in [2.24, 2.45) is 0 Å². The Morgan fingerprint density at radius 3 is 2.59 bits per heavy atom. The molecule has 0 atom stereocenters. The van der Waals surface area contributed by atoms with Crippen molar-refractivity contribution in [3.8, 4) is 11.1 Å². The summed E-state index contributed by atoms with van der Waals surface area (Å²) in [5.74, 6) is 1.54. The van der Waals surface area contributed by atoms with E-state index in [2.05, 4.69) is 28.7 Å². The third-order valence-electron chi connectivity index (χ3n) is 6.35. The Hall–Kier alpha value is -3.02. The number of aryl methyl sites for hydroxylation is 1. The molecule has 0 bridgehead atoms. The van der Waals surface area contributed by atoms with E-state index in [1.807, 2.05) is 12.1 Å². The van der Waals surface area contributed by atoms with E-state index in [-0.39, 0.29) is 5.69 Å². The van der Waals surface area contributed by atoms with Crippen LogP contribution in [0, 0.1) is 0 Å². The number of carboxylic acids is 1. The monoisotopic (exact) mass is 432 g/mol. The maximum atomic E-state index is 11.5. The van der Waals surface area contributed by atoms with Crippen molar-refractivity contribution in [1.82, 2.24) is 19.7 Å². The number of benzene rings is 1. The molecular weight excluding hydrogens is 400 g/mol. The number of rotatable bonds is 9. The van der Waals surface area contributed by atoms with E-state index < -0.39 is 5.97 Å². The first-order valence-electron chi connectivity index (χ1n) is 11.9. The summed E-state index contributed by atoms with van der Waals surface area (Å²) in [6.07, 6.45) is 12.0. The summed E-state index contributed by atoms with van der Waals surface area (Å²) in [5.41, 5.74) is 2.71. The normalized spacial score (nSPS) is 14.5. The minimum Gasteiger partial charge on any atom is -0.476 e. The van der Waals surface area contributed by atoms with Crippen LogP contribution in [-0.2, 0) is 13.0 Å². The van der Waals surface area contributed by atoms with Crippen LogP contribution in [0.3, 0.4) is 0 Å². The summed E-state index contributed by atoms with van der Waals surface area (Å²) in [5, 5.41) is 14.4. The van der Waals surface area contributed by atoms with Crippen molar-refractivity contribution in [3.63, 3.8) is 0 Å². The molecular formula is C26H32N4O2. The molecule has 0 saturated heterocycles. The van der Waals surface area contributed by atoms with Gasteiger partial charge < -0.3 is 5.11 Å². The van der Waals surface area contributed by atoms with Crippen LogP contribution in [0.4, 0.5) is 0 Å². The average molecular weight is 433 g/mol. The molecule has 6 nitrogen and oxygen atoms in total. The standard InChI is InChI=1S/C26H32N4O2/c1-2-3-7-17-30-23(28-25(29-30)21-9-5-4-6-10-21)18-19-12-14-20(15-13-19)22-11-8-16-27-24(22)26(31)32/h8,11-16,21H,2-7,9-10,17-18H2,1H3,(H,31,32). The van der Waals surface area contributed by atoms with Gasteiger partial charge in [-0.15, -0.1) is 0 Å². The van der Waals surface area contributed by atoms with Gasteiger partial charge in [-0.2, -0.15) is 5.10 Å². The predicted molar refractivity (Wildman–Crippen MR) is 125 cm³/mol. The highest BCUT2D eigenvalue weighted by Crippen LogP contribution is 2.31. The zero-order valence-electron chi connectivity index (χ0n) is 18.8. The van der Waals surface area contributed by atoms with E-state index in [0.717, 1.165) is 42.2 Å². The highest BCUT2D eigenvalue weighted by molar-refractivity contribution is 5.93. The van der Waals surface area contributed by atoms with Crippen LogP contribution < -0.4 is 0 Å². The van der Waals surface area contributed by atoms with Crippen molar-refractivity contribution in [2.45, 2.75) is 77.2 Å². The number of aromatic nitrogens is 4. The van der Waals surface area contributed by atoms with Crippen LogP contribution in [0.5, 0.6) is 0 Å². The Kier molecular flexibility index (Phi) is 7.30. The summed E-state index contributed by atoms with van der Waals surface area (Å²) in [7, 11) is 0. The fourth-order valence-electron chi connectivity index (χ4n) is 4.54. The number of nitrogens with zero attached hydrogens (tertiary/aromatic N) is 4. The Balaban J connectivity index is 1.55. The maximum absolute atomic E-state index is 11.5. The lowest BCUT2D eigenvalue weighted by Gasteiger charge is -2.18. The van der Waals surface area contributed by atoms with Crippen molar-refractivity contribution in [3.05, 3.63) is 65.5 Å². The van der Waals surface area contributed by atoms with Gasteiger partial charge in [0.1, 0.15) is 5.82 Å². The third kappa shape index (κ3) is 5.23. The van der Waals surface area contributed by atoms with Gasteiger partial charge >= 0.3 is 5.97 Å². The van der Waals surface area contributed by atoms with Gasteiger partial charge in [0.05, 0.1) is 0 Å². The molecule has 0 aliphatic heterocycles. The number of pyridine rings is 1. The van der Waals surface area contributed by atoms with Gasteiger partial charge in [-0.1, -0.05) is 69.4 Å². The molecule has 4 rings (SSSR count). The van der Waals surface area contributed by atoms with Crippen molar-refractivity contribution in [2.75, 3.05) is 0 Å². The van der Waals surface area contributed by atoms with Crippen molar-refractivity contribution < 1.29 is 9.90 Å². The fraction of sp³-hybridized carbons (Fsp3) is 0.462. The Morgan fingerprint density at radius 1 is 1.09 bits per heavy atom. The molecule has 1 aliphatic rings. The molecule has 0 unspecified atom stereocenters. The van der Waals surface area contributed by atoms with Gasteiger partial charge in [0.2, 0.25) is 0 Å². The number of aromatic carboxylic acids is 1. The summed E-state index contributed by atoms with van der Waals surface area (Å²) in [4.78, 5) is 20.5. The lowest BCUT2D eigenvalue weighted by Crippen LogP contribution is -2.08. The van der Waals surface area contributed by atoms with Crippen LogP contribution in [-0.4, -0.2) is 30.8 Å². The quantitative estimate of drug-likeness (QED) is 0.428. The second-order valence-corrected chi connectivity index (χ2v) is 8.73. The Morgan fingerprint density at radius 2 is 1.88 bits per heavy atom. The fourth-order valence-corrected chi connectivity index (χ4v) is 4.54. The smallest absolute Gasteiger partial charge is 0.355 e. The molecule has 3 aromatic rings. The summed E-state index contributed by atoms with van der Waals surface area (Å²) in [6.45, 7) is 3.13. The summed E-state index contributed by atoms with van der Waals surface area (Å²) < 4.78 is 2.12. The topological polar surface area (TPSA) is 80.9 Å². The molecule has 168 valence electrons. The molecule has 0 amide bonds. The lowest BCUT2D eigenvalue weighted by atomic mass is 9.89. The SMILES string of the molecule is CCCCCn1nc(C2CCCCC2)nc1Cc1ccc(-c2cccnc2C(=O)O)cc1. The van der Waals surface area contributed by atoms with E-state index in [1.165, 1.54) is 51.1 Å². The average Bonchev–Trinajstić information content (AvgIpc) is 3.23. The number of carboxylic acid groups (broad SMARTS) is 1. The highest BCUT2D eigenvalue weighted by atomic mass is 16.4. The molecule has 1 aliphatic carbocycles. The van der Waals surface area contributed by atoms with E-state index >= 15 is 0 Å². The van der Waals surface area contributed by atoms with Crippen molar-refractivity contribution >= 4 is 5.97 Å². The van der Waals surface area contributed by atoms with Gasteiger partial charge in [0, 0.05) is 30.6 Å². The first-order chi connectivity index (χ1) is 15.7. The summed E-state index contributed by atoms with van der Waals surface area (Å²) >= 11 is 0. The van der Waals surface area contributed by atoms with Crippen LogP contribution in [0.2, 0.25) is 0 Å². The Bertz CT molecular complexity index is 1040. The zero-order chi connectivity index (χ0) is 22.3. The first kappa shape index (κ1) is 22.2. The molecule has 1 N–H and O–H groups in total. The van der Waals surface area contributed by atoms with Gasteiger partial charge in [0.25, 0.3) is 0 Å². The zero-order valence-corrected chi connectivity index (χ0v) is 18.8. The van der Waals surface area contributed by atoms with Crippen LogP contribution >= 0.6 is 0 Å². The lowest BCUT2D eigenvalue weighted by molar-refractivity contribution is 0.0691.